The van der Waals surface area contributed by atoms with Crippen LogP contribution in [0.15, 0.2) is 0 Å². The van der Waals surface area contributed by atoms with Gasteiger partial charge in [0.15, 0.2) is 0 Å². The van der Waals surface area contributed by atoms with Gasteiger partial charge >= 0.3 is 0 Å². The van der Waals surface area contributed by atoms with E-state index in [2.05, 4.69) is 34.3 Å². The van der Waals surface area contributed by atoms with Crippen LogP contribution in [0.25, 0.3) is 0 Å². The third-order valence-electron chi connectivity index (χ3n) is 3.89. The second-order valence-corrected chi connectivity index (χ2v) is 7.59. The lowest BCUT2D eigenvalue weighted by Gasteiger charge is -2.33. The van der Waals surface area contributed by atoms with Crippen molar-refractivity contribution in [1.82, 2.24) is 15.1 Å². The normalized spacial score (nSPS) is 21.0. The van der Waals surface area contributed by atoms with E-state index in [1.807, 2.05) is 6.92 Å². The van der Waals surface area contributed by atoms with E-state index in [-0.39, 0.29) is 17.9 Å². The fourth-order valence-electron chi connectivity index (χ4n) is 2.73. The highest BCUT2D eigenvalue weighted by Crippen LogP contribution is 2.20. The third-order valence-corrected chi connectivity index (χ3v) is 4.75. The van der Waals surface area contributed by atoms with Crippen LogP contribution in [0.4, 0.5) is 5.13 Å². The van der Waals surface area contributed by atoms with Crippen LogP contribution in [0.5, 0.6) is 0 Å². The zero-order valence-corrected chi connectivity index (χ0v) is 14.4. The summed E-state index contributed by atoms with van der Waals surface area (Å²) in [4.78, 5) is 14.2. The topological polar surface area (TPSA) is 78.4 Å². The van der Waals surface area contributed by atoms with Crippen molar-refractivity contribution in [2.24, 2.45) is 11.8 Å². The summed E-state index contributed by atoms with van der Waals surface area (Å²) in [6.07, 6.45) is 2.63. The lowest BCUT2D eigenvalue weighted by Crippen LogP contribution is -2.43. The predicted molar refractivity (Wildman–Crippen MR) is 87.9 cm³/mol. The van der Waals surface area contributed by atoms with Gasteiger partial charge in [0.05, 0.1) is 12.6 Å². The summed E-state index contributed by atoms with van der Waals surface area (Å²) in [5.74, 6) is 0.737. The Bertz CT molecular complexity index is 490. The number of amides is 1. The van der Waals surface area contributed by atoms with Crippen molar-refractivity contribution >= 4 is 22.4 Å². The van der Waals surface area contributed by atoms with Crippen LogP contribution in [0.1, 0.15) is 38.6 Å². The number of carbonyl (C=O) groups excluding carboxylic acids is 1. The van der Waals surface area contributed by atoms with Gasteiger partial charge in [-0.15, -0.1) is 10.2 Å². The molecule has 0 radical (unpaired) electrons. The summed E-state index contributed by atoms with van der Waals surface area (Å²) in [5, 5.41) is 22.2. The average Bonchev–Trinajstić information content (AvgIpc) is 2.85. The van der Waals surface area contributed by atoms with Crippen molar-refractivity contribution in [3.8, 4) is 0 Å². The SMILES string of the molecule is CC(C)Cc1nnc(NC(=O)CN2CCCC(C(C)O)C2)s1. The molecule has 1 fully saturated rings. The number of carbonyl (C=O) groups is 1. The molecule has 6 nitrogen and oxygen atoms in total. The van der Waals surface area contributed by atoms with Crippen LogP contribution in [0, 0.1) is 11.8 Å². The van der Waals surface area contributed by atoms with Gasteiger partial charge < -0.3 is 5.11 Å². The fraction of sp³-hybridized carbons (Fsp3) is 0.800. The zero-order valence-electron chi connectivity index (χ0n) is 13.6. The molecule has 2 rings (SSSR count). The molecule has 2 atom stereocenters. The number of hydrogen-bond acceptors (Lipinski definition) is 6. The number of nitrogens with zero attached hydrogens (tertiary/aromatic N) is 3. The minimum atomic E-state index is -0.312. The van der Waals surface area contributed by atoms with Crippen molar-refractivity contribution in [3.63, 3.8) is 0 Å². The van der Waals surface area contributed by atoms with Crippen LogP contribution < -0.4 is 5.32 Å². The van der Waals surface area contributed by atoms with E-state index in [9.17, 15) is 9.90 Å². The molecule has 1 aliphatic rings. The van der Waals surface area contributed by atoms with Gasteiger partial charge in [-0.25, -0.2) is 0 Å². The van der Waals surface area contributed by atoms with Crippen LogP contribution in [0.3, 0.4) is 0 Å². The molecule has 1 amide bonds. The minimum Gasteiger partial charge on any atom is -0.393 e. The molecule has 0 bridgehead atoms. The highest BCUT2D eigenvalue weighted by molar-refractivity contribution is 7.15. The summed E-state index contributed by atoms with van der Waals surface area (Å²) < 4.78 is 0. The van der Waals surface area contributed by atoms with E-state index in [1.54, 1.807) is 0 Å². The maximum atomic E-state index is 12.1. The first-order valence-corrected chi connectivity index (χ1v) is 8.78. The molecule has 2 N–H and O–H groups in total. The number of likely N-dealkylation sites (tertiary alicyclic amines) is 1. The first-order valence-electron chi connectivity index (χ1n) is 7.96. The molecule has 22 heavy (non-hydrogen) atoms. The molecule has 0 aliphatic carbocycles. The quantitative estimate of drug-likeness (QED) is 0.833. The number of nitrogens with one attached hydrogen (secondary N) is 1. The Hall–Kier alpha value is -1.05. The van der Waals surface area contributed by atoms with E-state index in [4.69, 9.17) is 0 Å². The lowest BCUT2D eigenvalue weighted by molar-refractivity contribution is -0.118. The molecular formula is C15H26N4O2S. The zero-order chi connectivity index (χ0) is 16.1. The summed E-state index contributed by atoms with van der Waals surface area (Å²) in [6.45, 7) is 8.13. The maximum Gasteiger partial charge on any atom is 0.240 e. The maximum absolute atomic E-state index is 12.1. The Kier molecular flexibility index (Phi) is 6.28. The first-order chi connectivity index (χ1) is 10.4. The Morgan fingerprint density at radius 1 is 1.45 bits per heavy atom. The number of hydrogen-bond donors (Lipinski definition) is 2. The summed E-state index contributed by atoms with van der Waals surface area (Å²) in [7, 11) is 0. The fourth-order valence-corrected chi connectivity index (χ4v) is 3.69. The number of anilines is 1. The number of aromatic nitrogens is 2. The van der Waals surface area contributed by atoms with E-state index < -0.39 is 0 Å². The molecule has 1 saturated heterocycles. The molecule has 7 heteroatoms. The van der Waals surface area contributed by atoms with E-state index >= 15 is 0 Å². The Morgan fingerprint density at radius 2 is 2.23 bits per heavy atom. The molecular weight excluding hydrogens is 300 g/mol. The van der Waals surface area contributed by atoms with E-state index in [0.717, 1.165) is 37.4 Å². The predicted octanol–water partition coefficient (Wildman–Crippen LogP) is 1.77. The largest absolute Gasteiger partial charge is 0.393 e. The van der Waals surface area contributed by atoms with Crippen molar-refractivity contribution in [1.29, 1.82) is 0 Å². The van der Waals surface area contributed by atoms with Gasteiger partial charge in [0, 0.05) is 13.0 Å². The smallest absolute Gasteiger partial charge is 0.240 e. The molecule has 0 spiro atoms. The van der Waals surface area contributed by atoms with Gasteiger partial charge in [-0.1, -0.05) is 25.2 Å². The van der Waals surface area contributed by atoms with Gasteiger partial charge in [-0.3, -0.25) is 15.0 Å². The van der Waals surface area contributed by atoms with E-state index in [1.165, 1.54) is 11.3 Å². The Labute approximate surface area is 135 Å². The molecule has 2 unspecified atom stereocenters. The molecule has 2 heterocycles. The second kappa shape index (κ2) is 7.99. The first kappa shape index (κ1) is 17.3. The third kappa shape index (κ3) is 5.30. The summed E-state index contributed by atoms with van der Waals surface area (Å²) in [6, 6.07) is 0. The highest BCUT2D eigenvalue weighted by Gasteiger charge is 2.24. The Balaban J connectivity index is 1.81. The standard InChI is InChI=1S/C15H26N4O2S/c1-10(2)7-14-17-18-15(22-14)16-13(21)9-19-6-4-5-12(8-19)11(3)20/h10-12,20H,4-9H2,1-3H3,(H,16,18,21). The number of aliphatic hydroxyl groups is 1. The van der Waals surface area contributed by atoms with Crippen LogP contribution in [0.2, 0.25) is 0 Å². The number of piperidine rings is 1. The molecule has 124 valence electrons. The van der Waals surface area contributed by atoms with Crippen molar-refractivity contribution in [2.75, 3.05) is 25.0 Å². The monoisotopic (exact) mass is 326 g/mol. The lowest BCUT2D eigenvalue weighted by atomic mass is 9.93. The summed E-state index contributed by atoms with van der Waals surface area (Å²) in [5.41, 5.74) is 0. The van der Waals surface area contributed by atoms with Gasteiger partial charge in [-0.2, -0.15) is 0 Å². The highest BCUT2D eigenvalue weighted by atomic mass is 32.1. The molecule has 1 aromatic heterocycles. The van der Waals surface area contributed by atoms with Gasteiger partial charge in [0.25, 0.3) is 0 Å². The van der Waals surface area contributed by atoms with Crippen molar-refractivity contribution in [3.05, 3.63) is 5.01 Å². The van der Waals surface area contributed by atoms with Crippen LogP contribution in [-0.2, 0) is 11.2 Å². The van der Waals surface area contributed by atoms with Gasteiger partial charge in [0.1, 0.15) is 5.01 Å². The summed E-state index contributed by atoms with van der Waals surface area (Å²) >= 11 is 1.44. The molecule has 0 saturated carbocycles. The van der Waals surface area contributed by atoms with E-state index in [0.29, 0.717) is 17.6 Å². The average molecular weight is 326 g/mol. The van der Waals surface area contributed by atoms with Crippen LogP contribution in [-0.4, -0.2) is 51.8 Å². The number of rotatable bonds is 6. The minimum absolute atomic E-state index is 0.0570. The second-order valence-electron chi connectivity index (χ2n) is 6.53. The molecule has 1 aromatic rings. The van der Waals surface area contributed by atoms with Gasteiger partial charge in [0.2, 0.25) is 11.0 Å². The molecule has 0 aromatic carbocycles. The number of aliphatic hydroxyl groups excluding tert-OH is 1. The van der Waals surface area contributed by atoms with Gasteiger partial charge in [-0.05, 0) is 38.1 Å². The van der Waals surface area contributed by atoms with Crippen molar-refractivity contribution < 1.29 is 9.90 Å². The molecule has 1 aliphatic heterocycles. The Morgan fingerprint density at radius 3 is 2.91 bits per heavy atom. The van der Waals surface area contributed by atoms with Crippen LogP contribution >= 0.6 is 11.3 Å². The van der Waals surface area contributed by atoms with Crippen molar-refractivity contribution in [2.45, 2.75) is 46.1 Å².